The Bertz CT molecular complexity index is 1060. The summed E-state index contributed by atoms with van der Waals surface area (Å²) in [6, 6.07) is 4.57. The van der Waals surface area contributed by atoms with Crippen LogP contribution in [0.4, 0.5) is 5.13 Å². The van der Waals surface area contributed by atoms with Crippen molar-refractivity contribution in [2.75, 3.05) is 11.6 Å². The summed E-state index contributed by atoms with van der Waals surface area (Å²) in [4.78, 5) is 28.6. The SMILES string of the molecule is CS(=O)(=O)c1ccc2nc(NC(=O)[C@@H]3[C@@H](C(=O)[O-])[C@H]4C=C[C@H]3C4)sc2c1. The summed E-state index contributed by atoms with van der Waals surface area (Å²) < 4.78 is 23.9. The highest BCUT2D eigenvalue weighted by Gasteiger charge is 2.48. The van der Waals surface area contributed by atoms with Gasteiger partial charge in [-0.3, -0.25) is 4.79 Å². The summed E-state index contributed by atoms with van der Waals surface area (Å²) in [5, 5.41) is 14.5. The number of benzene rings is 1. The third-order valence-corrected chi connectivity index (χ3v) is 7.10. The van der Waals surface area contributed by atoms with E-state index in [4.69, 9.17) is 0 Å². The number of thiazole rings is 1. The van der Waals surface area contributed by atoms with Crippen LogP contribution in [-0.4, -0.2) is 31.5 Å². The van der Waals surface area contributed by atoms with Crippen LogP contribution in [-0.2, 0) is 19.4 Å². The van der Waals surface area contributed by atoms with Gasteiger partial charge in [0.15, 0.2) is 15.0 Å². The van der Waals surface area contributed by atoms with Crippen LogP contribution >= 0.6 is 11.3 Å². The number of allylic oxidation sites excluding steroid dienone is 2. The number of hydrogen-bond donors (Lipinski definition) is 1. The lowest BCUT2D eigenvalue weighted by Gasteiger charge is -2.27. The average Bonchev–Trinajstić information content (AvgIpc) is 3.25. The predicted octanol–water partition coefficient (Wildman–Crippen LogP) is 0.826. The van der Waals surface area contributed by atoms with Gasteiger partial charge in [0, 0.05) is 18.1 Å². The first kappa shape index (κ1) is 17.2. The van der Waals surface area contributed by atoms with Gasteiger partial charge in [0.05, 0.1) is 21.0 Å². The number of fused-ring (bicyclic) bond motifs is 3. The van der Waals surface area contributed by atoms with Crippen LogP contribution < -0.4 is 10.4 Å². The fraction of sp³-hybridized carbons (Fsp3) is 0.353. The normalized spacial score (nSPS) is 27.1. The number of nitrogens with zero attached hydrogens (tertiary/aromatic N) is 1. The van der Waals surface area contributed by atoms with E-state index in [1.165, 1.54) is 12.1 Å². The topological polar surface area (TPSA) is 116 Å². The van der Waals surface area contributed by atoms with Crippen LogP contribution in [0.5, 0.6) is 0 Å². The molecule has 1 aromatic heterocycles. The van der Waals surface area contributed by atoms with Crippen molar-refractivity contribution in [1.29, 1.82) is 0 Å². The quantitative estimate of drug-likeness (QED) is 0.772. The largest absolute Gasteiger partial charge is 0.550 e. The molecule has 2 aromatic rings. The molecule has 0 unspecified atom stereocenters. The van der Waals surface area contributed by atoms with Crippen molar-refractivity contribution in [2.45, 2.75) is 11.3 Å². The second-order valence-corrected chi connectivity index (χ2v) is 9.78. The zero-order chi connectivity index (χ0) is 18.6. The molecule has 9 heteroatoms. The highest BCUT2D eigenvalue weighted by Crippen LogP contribution is 2.48. The molecule has 26 heavy (non-hydrogen) atoms. The van der Waals surface area contributed by atoms with Crippen molar-refractivity contribution in [3.8, 4) is 0 Å². The van der Waals surface area contributed by atoms with Gasteiger partial charge in [-0.1, -0.05) is 23.5 Å². The number of aromatic nitrogens is 1. The lowest BCUT2D eigenvalue weighted by Crippen LogP contribution is -2.42. The Morgan fingerprint density at radius 1 is 1.23 bits per heavy atom. The Morgan fingerprint density at radius 2 is 1.92 bits per heavy atom. The van der Waals surface area contributed by atoms with Gasteiger partial charge in [0.2, 0.25) is 5.91 Å². The maximum atomic E-state index is 12.7. The van der Waals surface area contributed by atoms with Crippen molar-refractivity contribution >= 4 is 48.4 Å². The molecule has 0 aliphatic heterocycles. The summed E-state index contributed by atoms with van der Waals surface area (Å²) in [6.45, 7) is 0. The fourth-order valence-corrected chi connectivity index (χ4v) is 5.51. The van der Waals surface area contributed by atoms with E-state index >= 15 is 0 Å². The van der Waals surface area contributed by atoms with E-state index in [1.54, 1.807) is 6.07 Å². The Morgan fingerprint density at radius 3 is 2.58 bits per heavy atom. The molecule has 1 heterocycles. The molecule has 1 saturated carbocycles. The molecule has 0 radical (unpaired) electrons. The van der Waals surface area contributed by atoms with Gasteiger partial charge in [-0.2, -0.15) is 0 Å². The van der Waals surface area contributed by atoms with Crippen LogP contribution in [0.15, 0.2) is 35.2 Å². The summed E-state index contributed by atoms with van der Waals surface area (Å²) in [5.74, 6) is -3.35. The number of carboxylic acid groups (broad SMARTS) is 1. The molecule has 1 N–H and O–H groups in total. The zero-order valence-corrected chi connectivity index (χ0v) is 15.3. The van der Waals surface area contributed by atoms with Crippen molar-refractivity contribution < 1.29 is 23.1 Å². The molecule has 1 fully saturated rings. The summed E-state index contributed by atoms with van der Waals surface area (Å²) in [7, 11) is -3.33. The van der Waals surface area contributed by atoms with E-state index in [1.807, 2.05) is 12.2 Å². The second kappa shape index (κ2) is 5.88. The van der Waals surface area contributed by atoms with Crippen LogP contribution in [0.3, 0.4) is 0 Å². The summed E-state index contributed by atoms with van der Waals surface area (Å²) in [6.07, 6.45) is 5.51. The van der Waals surface area contributed by atoms with E-state index < -0.39 is 33.5 Å². The van der Waals surface area contributed by atoms with E-state index in [0.29, 0.717) is 21.8 Å². The van der Waals surface area contributed by atoms with E-state index in [-0.39, 0.29) is 16.7 Å². The standard InChI is InChI=1S/C17H16N2O5S2/c1-26(23,24)10-4-5-11-12(7-10)25-17(18-11)19-15(20)13-8-2-3-9(6-8)14(13)16(21)22/h2-5,7-9,13-14H,6H2,1H3,(H,21,22)(H,18,19,20)/p-1/t8-,9-,13-,14-/m0/s1. The van der Waals surface area contributed by atoms with Gasteiger partial charge in [0.1, 0.15) is 0 Å². The van der Waals surface area contributed by atoms with Crippen LogP contribution in [0.1, 0.15) is 6.42 Å². The van der Waals surface area contributed by atoms with E-state index in [0.717, 1.165) is 17.6 Å². The first-order chi connectivity index (χ1) is 12.2. The molecule has 4 rings (SSSR count). The molecule has 0 spiro atoms. The zero-order valence-electron chi connectivity index (χ0n) is 13.7. The molecule has 1 amide bonds. The van der Waals surface area contributed by atoms with Crippen LogP contribution in [0.25, 0.3) is 10.2 Å². The molecule has 4 atom stereocenters. The van der Waals surface area contributed by atoms with Crippen molar-refractivity contribution in [3.05, 3.63) is 30.4 Å². The summed E-state index contributed by atoms with van der Waals surface area (Å²) >= 11 is 1.16. The Hall–Kier alpha value is -2.26. The molecular weight excluding hydrogens is 376 g/mol. The third-order valence-electron chi connectivity index (χ3n) is 5.05. The van der Waals surface area contributed by atoms with Gasteiger partial charge >= 0.3 is 0 Å². The highest BCUT2D eigenvalue weighted by molar-refractivity contribution is 7.90. The Labute approximate surface area is 153 Å². The molecule has 136 valence electrons. The number of rotatable bonds is 4. The first-order valence-corrected chi connectivity index (χ1v) is 10.8. The van der Waals surface area contributed by atoms with Gasteiger partial charge < -0.3 is 15.2 Å². The maximum absolute atomic E-state index is 12.7. The number of carbonyl (C=O) groups excluding carboxylic acids is 2. The Kier molecular flexibility index (Phi) is 3.89. The maximum Gasteiger partial charge on any atom is 0.230 e. The highest BCUT2D eigenvalue weighted by atomic mass is 32.2. The van der Waals surface area contributed by atoms with Crippen LogP contribution in [0, 0.1) is 23.7 Å². The minimum Gasteiger partial charge on any atom is -0.550 e. The molecule has 2 bridgehead atoms. The minimum absolute atomic E-state index is 0.103. The molecule has 7 nitrogen and oxygen atoms in total. The molecule has 1 aromatic carbocycles. The second-order valence-electron chi connectivity index (χ2n) is 6.73. The van der Waals surface area contributed by atoms with Crippen LogP contribution in [0.2, 0.25) is 0 Å². The van der Waals surface area contributed by atoms with Crippen molar-refractivity contribution in [2.24, 2.45) is 23.7 Å². The lowest BCUT2D eigenvalue weighted by atomic mass is 9.82. The fourth-order valence-electron chi connectivity index (χ4n) is 3.88. The smallest absolute Gasteiger partial charge is 0.230 e. The molecule has 2 aliphatic carbocycles. The number of carboxylic acids is 1. The number of hydrogen-bond acceptors (Lipinski definition) is 7. The molecular formula is C17H15N2O5S2-. The van der Waals surface area contributed by atoms with Gasteiger partial charge in [-0.05, 0) is 36.5 Å². The molecule has 0 saturated heterocycles. The van der Waals surface area contributed by atoms with Gasteiger partial charge in [-0.15, -0.1) is 0 Å². The monoisotopic (exact) mass is 391 g/mol. The number of aliphatic carboxylic acids is 1. The average molecular weight is 391 g/mol. The molecule has 2 aliphatic rings. The van der Waals surface area contributed by atoms with E-state index in [2.05, 4.69) is 10.3 Å². The number of anilines is 1. The Balaban J connectivity index is 1.60. The van der Waals surface area contributed by atoms with Crippen molar-refractivity contribution in [1.82, 2.24) is 4.98 Å². The number of nitrogens with one attached hydrogen (secondary N) is 1. The van der Waals surface area contributed by atoms with Gasteiger partial charge in [0.25, 0.3) is 0 Å². The number of sulfone groups is 1. The van der Waals surface area contributed by atoms with Crippen molar-refractivity contribution in [3.63, 3.8) is 0 Å². The number of amides is 1. The van der Waals surface area contributed by atoms with E-state index in [9.17, 15) is 23.1 Å². The first-order valence-electron chi connectivity index (χ1n) is 8.05. The number of carbonyl (C=O) groups is 2. The summed E-state index contributed by atoms with van der Waals surface area (Å²) in [5.41, 5.74) is 0.571. The van der Waals surface area contributed by atoms with Gasteiger partial charge in [-0.25, -0.2) is 13.4 Å². The lowest BCUT2D eigenvalue weighted by molar-refractivity contribution is -0.313. The predicted molar refractivity (Wildman–Crippen MR) is 94.1 cm³/mol. The minimum atomic E-state index is -3.33. The third kappa shape index (κ3) is 2.80.